The molecule has 2 rings (SSSR count). The average Bonchev–Trinajstić information content (AvgIpc) is 3.12. The van der Waals surface area contributed by atoms with E-state index in [0.717, 1.165) is 36.8 Å². The number of carbonyl (C=O) groups is 1. The van der Waals surface area contributed by atoms with Crippen LogP contribution in [0.25, 0.3) is 0 Å². The van der Waals surface area contributed by atoms with Gasteiger partial charge in [-0.15, -0.1) is 0 Å². The quantitative estimate of drug-likeness (QED) is 0.748. The van der Waals surface area contributed by atoms with E-state index in [4.69, 9.17) is 4.74 Å². The van der Waals surface area contributed by atoms with E-state index in [0.29, 0.717) is 6.61 Å². The van der Waals surface area contributed by atoms with Crippen molar-refractivity contribution in [3.8, 4) is 0 Å². The lowest BCUT2D eigenvalue weighted by Gasteiger charge is -2.35. The molecule has 0 bridgehead atoms. The number of ether oxygens (including phenoxy) is 1. The molecule has 1 saturated heterocycles. The van der Waals surface area contributed by atoms with Crippen molar-refractivity contribution in [1.82, 2.24) is 5.32 Å². The molecule has 4 heteroatoms. The van der Waals surface area contributed by atoms with Gasteiger partial charge in [-0.1, -0.05) is 0 Å². The van der Waals surface area contributed by atoms with Crippen LogP contribution in [0.5, 0.6) is 0 Å². The molecular weight excluding hydrogens is 222 g/mol. The van der Waals surface area contributed by atoms with Crippen LogP contribution in [-0.4, -0.2) is 36.2 Å². The summed E-state index contributed by atoms with van der Waals surface area (Å²) in [7, 11) is 0. The number of hydrogen-bond donors (Lipinski definition) is 1. The van der Waals surface area contributed by atoms with Crippen LogP contribution in [-0.2, 0) is 9.53 Å². The molecule has 0 unspecified atom stereocenters. The van der Waals surface area contributed by atoms with Crippen LogP contribution in [0, 0.1) is 5.92 Å². The van der Waals surface area contributed by atoms with Gasteiger partial charge >= 0.3 is 5.97 Å². The third-order valence-corrected chi connectivity index (χ3v) is 4.42. The molecule has 1 saturated carbocycles. The van der Waals surface area contributed by atoms with Crippen LogP contribution < -0.4 is 5.32 Å². The molecule has 0 atom stereocenters. The predicted molar refractivity (Wildman–Crippen MR) is 66.6 cm³/mol. The van der Waals surface area contributed by atoms with Crippen LogP contribution in [0.15, 0.2) is 0 Å². The van der Waals surface area contributed by atoms with E-state index in [1.54, 1.807) is 0 Å². The van der Waals surface area contributed by atoms with Crippen LogP contribution >= 0.6 is 11.8 Å². The van der Waals surface area contributed by atoms with Gasteiger partial charge in [0.2, 0.25) is 0 Å². The molecule has 92 valence electrons. The fraction of sp³-hybridized carbons (Fsp3) is 0.917. The molecule has 0 aromatic rings. The lowest BCUT2D eigenvalue weighted by Crippen LogP contribution is -2.55. The Morgan fingerprint density at radius 1 is 1.44 bits per heavy atom. The molecule has 0 radical (unpaired) electrons. The molecule has 0 aromatic heterocycles. The molecule has 1 N–H and O–H groups in total. The molecule has 1 aliphatic carbocycles. The van der Waals surface area contributed by atoms with Gasteiger partial charge in [0.05, 0.1) is 6.61 Å². The van der Waals surface area contributed by atoms with Crippen molar-refractivity contribution >= 4 is 17.7 Å². The van der Waals surface area contributed by atoms with Gasteiger partial charge in [0.15, 0.2) is 0 Å². The standard InChI is InChI=1S/C12H21NO2S/c1-2-15-11(14)12(5-7-16-8-6-12)13-9-10-3-4-10/h10,13H,2-9H2,1H3. The zero-order valence-electron chi connectivity index (χ0n) is 9.96. The van der Waals surface area contributed by atoms with Crippen molar-refractivity contribution in [3.05, 3.63) is 0 Å². The fourth-order valence-corrected chi connectivity index (χ4v) is 3.29. The van der Waals surface area contributed by atoms with Crippen molar-refractivity contribution in [3.63, 3.8) is 0 Å². The van der Waals surface area contributed by atoms with E-state index in [1.165, 1.54) is 12.8 Å². The summed E-state index contributed by atoms with van der Waals surface area (Å²) in [5.41, 5.74) is -0.371. The van der Waals surface area contributed by atoms with Crippen molar-refractivity contribution in [2.45, 2.75) is 38.1 Å². The third kappa shape index (κ3) is 2.92. The number of rotatable bonds is 5. The predicted octanol–water partition coefficient (Wildman–Crippen LogP) is 1.81. The Hall–Kier alpha value is -0.220. The normalized spacial score (nSPS) is 24.1. The zero-order valence-corrected chi connectivity index (χ0v) is 10.8. The first kappa shape index (κ1) is 12.2. The lowest BCUT2D eigenvalue weighted by atomic mass is 9.92. The van der Waals surface area contributed by atoms with E-state index >= 15 is 0 Å². The lowest BCUT2D eigenvalue weighted by molar-refractivity contribution is -0.151. The molecular formula is C12H21NO2S. The molecule has 0 amide bonds. The van der Waals surface area contributed by atoms with E-state index < -0.39 is 0 Å². The maximum atomic E-state index is 12.1. The Morgan fingerprint density at radius 3 is 2.69 bits per heavy atom. The van der Waals surface area contributed by atoms with Gasteiger partial charge in [0, 0.05) is 0 Å². The highest BCUT2D eigenvalue weighted by atomic mass is 32.2. The maximum Gasteiger partial charge on any atom is 0.326 e. The van der Waals surface area contributed by atoms with Gasteiger partial charge in [0.25, 0.3) is 0 Å². The summed E-state index contributed by atoms with van der Waals surface area (Å²) in [5, 5.41) is 3.49. The van der Waals surface area contributed by atoms with Crippen LogP contribution in [0.1, 0.15) is 32.6 Å². The Morgan fingerprint density at radius 2 is 2.12 bits per heavy atom. The summed E-state index contributed by atoms with van der Waals surface area (Å²) in [4.78, 5) is 12.1. The molecule has 1 aliphatic heterocycles. The zero-order chi connectivity index (χ0) is 11.4. The third-order valence-electron chi connectivity index (χ3n) is 3.44. The van der Waals surface area contributed by atoms with Crippen LogP contribution in [0.2, 0.25) is 0 Å². The first-order chi connectivity index (χ1) is 7.77. The minimum atomic E-state index is -0.371. The SMILES string of the molecule is CCOC(=O)C1(NCC2CC2)CCSCC1. The van der Waals surface area contributed by atoms with Gasteiger partial charge in [0.1, 0.15) is 5.54 Å². The topological polar surface area (TPSA) is 38.3 Å². The first-order valence-electron chi connectivity index (χ1n) is 6.27. The van der Waals surface area contributed by atoms with Gasteiger partial charge in [-0.3, -0.25) is 4.79 Å². The summed E-state index contributed by atoms with van der Waals surface area (Å²) in [5.74, 6) is 2.91. The van der Waals surface area contributed by atoms with Crippen molar-refractivity contribution < 1.29 is 9.53 Å². The second-order valence-corrected chi connectivity index (χ2v) is 5.96. The Bertz CT molecular complexity index is 247. The number of carbonyl (C=O) groups excluding carboxylic acids is 1. The van der Waals surface area contributed by atoms with Gasteiger partial charge < -0.3 is 10.1 Å². The largest absolute Gasteiger partial charge is 0.465 e. The molecule has 2 fully saturated rings. The summed E-state index contributed by atoms with van der Waals surface area (Å²) in [6.45, 7) is 3.35. The van der Waals surface area contributed by atoms with E-state index in [9.17, 15) is 4.79 Å². The molecule has 0 spiro atoms. The summed E-state index contributed by atoms with van der Waals surface area (Å²) >= 11 is 1.93. The highest BCUT2D eigenvalue weighted by Crippen LogP contribution is 2.32. The minimum absolute atomic E-state index is 0.0315. The van der Waals surface area contributed by atoms with Crippen LogP contribution in [0.3, 0.4) is 0 Å². The monoisotopic (exact) mass is 243 g/mol. The van der Waals surface area contributed by atoms with E-state index in [1.807, 2.05) is 18.7 Å². The maximum absolute atomic E-state index is 12.1. The highest BCUT2D eigenvalue weighted by molar-refractivity contribution is 7.99. The van der Waals surface area contributed by atoms with Crippen molar-refractivity contribution in [2.75, 3.05) is 24.7 Å². The van der Waals surface area contributed by atoms with E-state index in [2.05, 4.69) is 5.32 Å². The molecule has 2 aliphatic rings. The molecule has 16 heavy (non-hydrogen) atoms. The van der Waals surface area contributed by atoms with Gasteiger partial charge in [-0.2, -0.15) is 11.8 Å². The highest BCUT2D eigenvalue weighted by Gasteiger charge is 2.41. The second kappa shape index (κ2) is 5.41. The molecule has 0 aromatic carbocycles. The number of thioether (sulfide) groups is 1. The van der Waals surface area contributed by atoms with Gasteiger partial charge in [-0.25, -0.2) is 0 Å². The summed E-state index contributed by atoms with van der Waals surface area (Å²) in [6.07, 6.45) is 4.48. The van der Waals surface area contributed by atoms with E-state index in [-0.39, 0.29) is 11.5 Å². The number of esters is 1. The molecule has 1 heterocycles. The van der Waals surface area contributed by atoms with Crippen molar-refractivity contribution in [2.24, 2.45) is 5.92 Å². The summed E-state index contributed by atoms with van der Waals surface area (Å²) in [6, 6.07) is 0. The van der Waals surface area contributed by atoms with Crippen molar-refractivity contribution in [1.29, 1.82) is 0 Å². The minimum Gasteiger partial charge on any atom is -0.465 e. The first-order valence-corrected chi connectivity index (χ1v) is 7.42. The van der Waals surface area contributed by atoms with Gasteiger partial charge in [-0.05, 0) is 56.6 Å². The smallest absolute Gasteiger partial charge is 0.326 e. The number of nitrogens with one attached hydrogen (secondary N) is 1. The Kier molecular flexibility index (Phi) is 4.14. The number of hydrogen-bond acceptors (Lipinski definition) is 4. The van der Waals surface area contributed by atoms with Crippen LogP contribution in [0.4, 0.5) is 0 Å². The Balaban J connectivity index is 1.94. The average molecular weight is 243 g/mol. The molecule has 3 nitrogen and oxygen atoms in total. The second-order valence-electron chi connectivity index (χ2n) is 4.74. The summed E-state index contributed by atoms with van der Waals surface area (Å²) < 4.78 is 5.23. The Labute approximate surface area is 102 Å². The fourth-order valence-electron chi connectivity index (χ4n) is 2.10.